The first kappa shape index (κ1) is 37.2. The summed E-state index contributed by atoms with van der Waals surface area (Å²) in [6.07, 6.45) is 1.83. The maximum absolute atomic E-state index is 13.8. The van der Waals surface area contributed by atoms with Crippen molar-refractivity contribution in [3.05, 3.63) is 0 Å². The summed E-state index contributed by atoms with van der Waals surface area (Å²) in [7, 11) is 0. The summed E-state index contributed by atoms with van der Waals surface area (Å²) >= 11 is 0. The molecule has 0 unspecified atom stereocenters. The Morgan fingerprint density at radius 2 is 1.42 bits per heavy atom. The number of carbonyl (C=O) groups is 7. The highest BCUT2D eigenvalue weighted by molar-refractivity contribution is 5.97. The van der Waals surface area contributed by atoms with Gasteiger partial charge < -0.3 is 49.1 Å². The van der Waals surface area contributed by atoms with Crippen molar-refractivity contribution >= 4 is 41.4 Å². The van der Waals surface area contributed by atoms with Gasteiger partial charge in [0.05, 0.1) is 12.5 Å². The Balaban J connectivity index is 3.16. The number of hydrogen-bond donors (Lipinski definition) is 8. The molecule has 0 aromatic rings. The molecule has 1 aliphatic rings. The molecule has 0 aromatic carbocycles. The predicted molar refractivity (Wildman–Crippen MR) is 157 cm³/mol. The maximum Gasteiger partial charge on any atom is 0.245 e. The number of hydrogen-bond acceptors (Lipinski definition) is 9. The zero-order valence-electron chi connectivity index (χ0n) is 25.5. The van der Waals surface area contributed by atoms with Gasteiger partial charge in [0.1, 0.15) is 30.2 Å². The molecule has 0 aromatic heterocycles. The number of unbranched alkanes of at least 4 members (excludes halogenated alkanes) is 1. The molecule has 16 heteroatoms. The van der Waals surface area contributed by atoms with Crippen LogP contribution in [-0.4, -0.2) is 95.6 Å². The highest BCUT2D eigenvalue weighted by Gasteiger charge is 2.39. The first-order valence-electron chi connectivity index (χ1n) is 14.6. The summed E-state index contributed by atoms with van der Waals surface area (Å²) in [5.41, 5.74) is 21.7. The highest BCUT2D eigenvalue weighted by atomic mass is 16.2. The lowest BCUT2D eigenvalue weighted by Crippen LogP contribution is -2.59. The minimum Gasteiger partial charge on any atom is -0.370 e. The van der Waals surface area contributed by atoms with Crippen LogP contribution in [0.5, 0.6) is 0 Å². The second kappa shape index (κ2) is 18.0. The summed E-state index contributed by atoms with van der Waals surface area (Å²) in [6.45, 7) is 7.19. The zero-order valence-corrected chi connectivity index (χ0v) is 25.5. The van der Waals surface area contributed by atoms with Crippen molar-refractivity contribution < 1.29 is 33.6 Å². The summed E-state index contributed by atoms with van der Waals surface area (Å²) < 4.78 is 0. The van der Waals surface area contributed by atoms with Gasteiger partial charge in [-0.15, -0.1) is 0 Å². The molecule has 1 rings (SSSR count). The monoisotopic (exact) mass is 611 g/mol. The zero-order chi connectivity index (χ0) is 32.9. The number of rotatable bonds is 18. The fraction of sp³-hybridized carbons (Fsp3) is 0.741. The van der Waals surface area contributed by atoms with E-state index in [1.807, 2.05) is 13.8 Å². The molecule has 0 saturated carbocycles. The number of primary amides is 2. The van der Waals surface area contributed by atoms with Crippen LogP contribution in [0, 0.1) is 5.92 Å². The molecule has 0 spiro atoms. The van der Waals surface area contributed by atoms with Gasteiger partial charge in [0.2, 0.25) is 41.4 Å². The molecule has 1 aliphatic heterocycles. The van der Waals surface area contributed by atoms with Gasteiger partial charge in [-0.2, -0.15) is 0 Å². The first-order valence-corrected chi connectivity index (χ1v) is 14.6. The molecule has 244 valence electrons. The van der Waals surface area contributed by atoms with Crippen LogP contribution < -0.4 is 44.2 Å². The van der Waals surface area contributed by atoms with Crippen molar-refractivity contribution in [1.82, 2.24) is 26.2 Å². The van der Waals surface area contributed by atoms with E-state index in [4.69, 9.17) is 22.9 Å². The number of nitrogens with two attached hydrogens (primary N) is 4. The van der Waals surface area contributed by atoms with Gasteiger partial charge in [-0.05, 0) is 64.8 Å². The van der Waals surface area contributed by atoms with Crippen molar-refractivity contribution in [2.75, 3.05) is 13.1 Å². The highest BCUT2D eigenvalue weighted by Crippen LogP contribution is 2.21. The molecular formula is C27H49N9O7. The fourth-order valence-electron chi connectivity index (χ4n) is 4.60. The van der Waals surface area contributed by atoms with Gasteiger partial charge in [0.25, 0.3) is 0 Å². The van der Waals surface area contributed by atoms with Crippen LogP contribution >= 0.6 is 0 Å². The lowest BCUT2D eigenvalue weighted by Gasteiger charge is -2.31. The SMILES string of the molecule is CC(C)C[C@H](NC(=O)[C@H](C)N)C(=O)N[C@@H](CCCCN)C(=O)N1CCC[C@H]1C(=O)N[C@@H](CC(N)=O)C(=O)N[C@@H](C)C(N)=O. The molecule has 43 heavy (non-hydrogen) atoms. The van der Waals surface area contributed by atoms with Crippen molar-refractivity contribution in [1.29, 1.82) is 0 Å². The van der Waals surface area contributed by atoms with E-state index in [9.17, 15) is 33.6 Å². The molecule has 12 N–H and O–H groups in total. The smallest absolute Gasteiger partial charge is 0.245 e. The number of amides is 7. The van der Waals surface area contributed by atoms with E-state index in [-0.39, 0.29) is 25.3 Å². The Kier molecular flexibility index (Phi) is 15.6. The third-order valence-corrected chi connectivity index (χ3v) is 6.98. The summed E-state index contributed by atoms with van der Waals surface area (Å²) in [6, 6.07) is -6.27. The Labute approximate surface area is 252 Å². The van der Waals surface area contributed by atoms with E-state index in [1.165, 1.54) is 18.7 Å². The van der Waals surface area contributed by atoms with E-state index in [0.717, 1.165) is 0 Å². The van der Waals surface area contributed by atoms with E-state index >= 15 is 0 Å². The molecule has 7 amide bonds. The molecule has 1 saturated heterocycles. The topological polar surface area (TPSA) is 275 Å². The molecule has 6 atom stereocenters. The number of likely N-dealkylation sites (tertiary alicyclic amines) is 1. The molecule has 0 bridgehead atoms. The molecule has 0 aliphatic carbocycles. The molecule has 1 heterocycles. The van der Waals surface area contributed by atoms with Crippen LogP contribution in [0.1, 0.15) is 72.6 Å². The van der Waals surface area contributed by atoms with Gasteiger partial charge in [-0.1, -0.05) is 13.8 Å². The van der Waals surface area contributed by atoms with Crippen LogP contribution in [0.25, 0.3) is 0 Å². The van der Waals surface area contributed by atoms with Crippen LogP contribution in [0.15, 0.2) is 0 Å². The second-order valence-corrected chi connectivity index (χ2v) is 11.4. The minimum absolute atomic E-state index is 0.0405. The van der Waals surface area contributed by atoms with Gasteiger partial charge in [0, 0.05) is 6.54 Å². The van der Waals surface area contributed by atoms with Crippen LogP contribution in [0.3, 0.4) is 0 Å². The van der Waals surface area contributed by atoms with Crippen molar-refractivity contribution in [2.45, 2.75) is 109 Å². The summed E-state index contributed by atoms with van der Waals surface area (Å²) in [5.74, 6) is -4.78. The van der Waals surface area contributed by atoms with Gasteiger partial charge in [-0.3, -0.25) is 33.6 Å². The van der Waals surface area contributed by atoms with Crippen molar-refractivity contribution in [3.63, 3.8) is 0 Å². The van der Waals surface area contributed by atoms with Crippen LogP contribution in [-0.2, 0) is 33.6 Å². The maximum atomic E-state index is 13.8. The van der Waals surface area contributed by atoms with E-state index in [1.54, 1.807) is 0 Å². The Morgan fingerprint density at radius 3 is 1.95 bits per heavy atom. The van der Waals surface area contributed by atoms with Crippen molar-refractivity contribution in [2.24, 2.45) is 28.9 Å². The fourth-order valence-corrected chi connectivity index (χ4v) is 4.60. The average molecular weight is 612 g/mol. The summed E-state index contributed by atoms with van der Waals surface area (Å²) in [4.78, 5) is 89.6. The first-order chi connectivity index (χ1) is 20.1. The minimum atomic E-state index is -1.41. The van der Waals surface area contributed by atoms with E-state index in [0.29, 0.717) is 32.2 Å². The Morgan fingerprint density at radius 1 is 0.814 bits per heavy atom. The predicted octanol–water partition coefficient (Wildman–Crippen LogP) is -3.18. The third kappa shape index (κ3) is 12.5. The quantitative estimate of drug-likeness (QED) is 0.0724. The number of nitrogens with zero attached hydrogens (tertiary/aromatic N) is 1. The van der Waals surface area contributed by atoms with Gasteiger partial charge in [0.15, 0.2) is 0 Å². The standard InChI is InChI=1S/C27H49N9O7/c1-14(2)12-18(34-23(39)15(3)29)25(41)33-17(8-5-6-10-28)27(43)36-11-7-9-20(36)26(42)35-19(13-21(30)37)24(40)32-16(4)22(31)38/h14-20H,5-13,28-29H2,1-4H3,(H2,30,37)(H2,31,38)(H,32,40)(H,33,41)(H,34,39)(H,35,42)/t15-,16-,17-,18-,19-,20-/m0/s1. The van der Waals surface area contributed by atoms with Crippen LogP contribution in [0.4, 0.5) is 0 Å². The Bertz CT molecular complexity index is 1020. The third-order valence-electron chi connectivity index (χ3n) is 6.98. The number of carbonyl (C=O) groups excluding carboxylic acids is 7. The van der Waals surface area contributed by atoms with Crippen molar-refractivity contribution in [3.8, 4) is 0 Å². The lowest BCUT2D eigenvalue weighted by atomic mass is 10.0. The molecular weight excluding hydrogens is 562 g/mol. The average Bonchev–Trinajstić information content (AvgIpc) is 3.40. The van der Waals surface area contributed by atoms with Gasteiger partial charge in [-0.25, -0.2) is 0 Å². The second-order valence-electron chi connectivity index (χ2n) is 11.4. The molecule has 1 fully saturated rings. The largest absolute Gasteiger partial charge is 0.370 e. The van der Waals surface area contributed by atoms with Gasteiger partial charge >= 0.3 is 0 Å². The van der Waals surface area contributed by atoms with E-state index in [2.05, 4.69) is 21.3 Å². The molecule has 0 radical (unpaired) electrons. The van der Waals surface area contributed by atoms with Crippen LogP contribution in [0.2, 0.25) is 0 Å². The normalized spacial score (nSPS) is 18.1. The Hall–Kier alpha value is -3.79. The summed E-state index contributed by atoms with van der Waals surface area (Å²) in [5, 5.41) is 10.2. The van der Waals surface area contributed by atoms with E-state index < -0.39 is 84.0 Å². The number of nitrogens with one attached hydrogen (secondary N) is 4. The lowest BCUT2D eigenvalue weighted by molar-refractivity contribution is -0.143. The molecule has 16 nitrogen and oxygen atoms in total.